The van der Waals surface area contributed by atoms with Gasteiger partial charge in [-0.2, -0.15) is 11.8 Å². The van der Waals surface area contributed by atoms with Gasteiger partial charge in [-0.3, -0.25) is 9.59 Å². The summed E-state index contributed by atoms with van der Waals surface area (Å²) in [6.07, 6.45) is 0. The van der Waals surface area contributed by atoms with Crippen molar-refractivity contribution in [1.82, 2.24) is 5.32 Å². The van der Waals surface area contributed by atoms with Crippen molar-refractivity contribution in [2.45, 2.75) is 33.7 Å². The number of amides is 1. The second kappa shape index (κ2) is 6.87. The number of ketones is 1. The second-order valence-electron chi connectivity index (χ2n) is 3.47. The van der Waals surface area contributed by atoms with Crippen molar-refractivity contribution in [3.63, 3.8) is 0 Å². The highest BCUT2D eigenvalue weighted by Crippen LogP contribution is 2.07. The Kier molecular flexibility index (Phi) is 6.62. The van der Waals surface area contributed by atoms with Crippen LogP contribution < -0.4 is 5.32 Å². The lowest BCUT2D eigenvalue weighted by Gasteiger charge is -2.17. The molecule has 1 N–H and O–H groups in total. The molecule has 0 aromatic carbocycles. The van der Waals surface area contributed by atoms with Crippen molar-refractivity contribution < 1.29 is 9.59 Å². The number of hydrogen-bond acceptors (Lipinski definition) is 3. The largest absolute Gasteiger partial charge is 0.346 e. The topological polar surface area (TPSA) is 46.2 Å². The summed E-state index contributed by atoms with van der Waals surface area (Å²) < 4.78 is 0. The SMILES string of the molecule is CCSC[C@@H](NC(C)=O)C(=O)C(C)C. The zero-order valence-corrected chi connectivity index (χ0v) is 10.1. The quantitative estimate of drug-likeness (QED) is 0.733. The monoisotopic (exact) mass is 217 g/mol. The minimum atomic E-state index is -0.322. The van der Waals surface area contributed by atoms with Crippen LogP contribution in [0.3, 0.4) is 0 Å². The molecule has 0 saturated carbocycles. The predicted molar refractivity (Wildman–Crippen MR) is 60.4 cm³/mol. The molecule has 0 rings (SSSR count). The van der Waals surface area contributed by atoms with E-state index >= 15 is 0 Å². The maximum Gasteiger partial charge on any atom is 0.217 e. The van der Waals surface area contributed by atoms with Crippen molar-refractivity contribution >= 4 is 23.5 Å². The number of hydrogen-bond donors (Lipinski definition) is 1. The average Bonchev–Trinajstić information content (AvgIpc) is 2.10. The second-order valence-corrected chi connectivity index (χ2v) is 4.79. The van der Waals surface area contributed by atoms with Gasteiger partial charge in [-0.15, -0.1) is 0 Å². The molecular formula is C10H19NO2S. The Balaban J connectivity index is 4.22. The van der Waals surface area contributed by atoms with E-state index in [1.54, 1.807) is 11.8 Å². The summed E-state index contributed by atoms with van der Waals surface area (Å²) in [6.45, 7) is 7.19. The van der Waals surface area contributed by atoms with Crippen LogP contribution in [0.2, 0.25) is 0 Å². The zero-order chi connectivity index (χ0) is 11.1. The van der Waals surface area contributed by atoms with Gasteiger partial charge in [0.05, 0.1) is 6.04 Å². The van der Waals surface area contributed by atoms with Gasteiger partial charge < -0.3 is 5.32 Å². The molecule has 14 heavy (non-hydrogen) atoms. The van der Waals surface area contributed by atoms with Gasteiger partial charge in [0.25, 0.3) is 0 Å². The molecule has 0 unspecified atom stereocenters. The van der Waals surface area contributed by atoms with E-state index in [4.69, 9.17) is 0 Å². The van der Waals surface area contributed by atoms with Crippen LogP contribution in [0.4, 0.5) is 0 Å². The summed E-state index contributed by atoms with van der Waals surface area (Å²) in [4.78, 5) is 22.5. The molecule has 0 aliphatic rings. The van der Waals surface area contributed by atoms with Crippen LogP contribution in [-0.4, -0.2) is 29.2 Å². The van der Waals surface area contributed by atoms with E-state index in [-0.39, 0.29) is 23.7 Å². The number of carbonyl (C=O) groups excluding carboxylic acids is 2. The minimum absolute atomic E-state index is 0.0238. The van der Waals surface area contributed by atoms with Gasteiger partial charge in [0.1, 0.15) is 0 Å². The Morgan fingerprint density at radius 3 is 2.29 bits per heavy atom. The Hall–Kier alpha value is -0.510. The highest BCUT2D eigenvalue weighted by atomic mass is 32.2. The molecule has 1 amide bonds. The summed E-state index contributed by atoms with van der Waals surface area (Å²) >= 11 is 1.67. The lowest BCUT2D eigenvalue weighted by molar-refractivity contribution is -0.128. The first-order valence-electron chi connectivity index (χ1n) is 4.87. The molecule has 0 fully saturated rings. The fourth-order valence-corrected chi connectivity index (χ4v) is 1.80. The lowest BCUT2D eigenvalue weighted by Crippen LogP contribution is -2.43. The highest BCUT2D eigenvalue weighted by Gasteiger charge is 2.21. The highest BCUT2D eigenvalue weighted by molar-refractivity contribution is 7.99. The van der Waals surface area contributed by atoms with Gasteiger partial charge in [0.2, 0.25) is 5.91 Å². The Morgan fingerprint density at radius 1 is 1.36 bits per heavy atom. The van der Waals surface area contributed by atoms with E-state index in [0.717, 1.165) is 5.75 Å². The van der Waals surface area contributed by atoms with Crippen LogP contribution >= 0.6 is 11.8 Å². The third kappa shape index (κ3) is 5.27. The fraction of sp³-hybridized carbons (Fsp3) is 0.800. The normalized spacial score (nSPS) is 12.6. The fourth-order valence-electron chi connectivity index (χ4n) is 1.08. The van der Waals surface area contributed by atoms with Crippen molar-refractivity contribution in [1.29, 1.82) is 0 Å². The van der Waals surface area contributed by atoms with Gasteiger partial charge in [-0.1, -0.05) is 20.8 Å². The van der Waals surface area contributed by atoms with E-state index < -0.39 is 0 Å². The molecule has 0 bridgehead atoms. The van der Waals surface area contributed by atoms with Crippen molar-refractivity contribution in [3.05, 3.63) is 0 Å². The van der Waals surface area contributed by atoms with Gasteiger partial charge in [0.15, 0.2) is 5.78 Å². The maximum atomic E-state index is 11.7. The van der Waals surface area contributed by atoms with Crippen molar-refractivity contribution in [2.75, 3.05) is 11.5 Å². The lowest BCUT2D eigenvalue weighted by atomic mass is 10.0. The molecule has 0 heterocycles. The summed E-state index contributed by atoms with van der Waals surface area (Å²) in [5, 5.41) is 2.69. The first-order valence-corrected chi connectivity index (χ1v) is 6.03. The van der Waals surface area contributed by atoms with E-state index in [1.165, 1.54) is 6.92 Å². The number of nitrogens with one attached hydrogen (secondary N) is 1. The zero-order valence-electron chi connectivity index (χ0n) is 9.29. The summed E-state index contributed by atoms with van der Waals surface area (Å²) in [5.41, 5.74) is 0. The summed E-state index contributed by atoms with van der Waals surface area (Å²) in [6, 6.07) is -0.322. The molecule has 3 nitrogen and oxygen atoms in total. The van der Waals surface area contributed by atoms with Gasteiger partial charge in [-0.05, 0) is 5.75 Å². The number of carbonyl (C=O) groups is 2. The Bertz CT molecular complexity index is 204. The van der Waals surface area contributed by atoms with Crippen LogP contribution in [0.5, 0.6) is 0 Å². The first-order chi connectivity index (χ1) is 6.49. The van der Waals surface area contributed by atoms with Crippen LogP contribution in [0.1, 0.15) is 27.7 Å². The van der Waals surface area contributed by atoms with Crippen LogP contribution in [0.25, 0.3) is 0 Å². The van der Waals surface area contributed by atoms with E-state index in [9.17, 15) is 9.59 Å². The predicted octanol–water partition coefficient (Wildman–Crippen LogP) is 1.47. The first kappa shape index (κ1) is 13.5. The number of thioether (sulfide) groups is 1. The molecule has 1 atom stereocenters. The molecule has 82 valence electrons. The Labute approximate surface area is 90.0 Å². The molecular weight excluding hydrogens is 198 g/mol. The van der Waals surface area contributed by atoms with Crippen LogP contribution in [0.15, 0.2) is 0 Å². The van der Waals surface area contributed by atoms with Crippen molar-refractivity contribution in [2.24, 2.45) is 5.92 Å². The Morgan fingerprint density at radius 2 is 1.93 bits per heavy atom. The third-order valence-electron chi connectivity index (χ3n) is 1.78. The maximum absolute atomic E-state index is 11.7. The molecule has 0 aliphatic heterocycles. The van der Waals surface area contributed by atoms with Crippen molar-refractivity contribution in [3.8, 4) is 0 Å². The molecule has 0 aliphatic carbocycles. The molecule has 0 aromatic rings. The average molecular weight is 217 g/mol. The van der Waals surface area contributed by atoms with Crippen LogP contribution in [-0.2, 0) is 9.59 Å². The standard InChI is InChI=1S/C10H19NO2S/c1-5-14-6-9(11-8(4)12)10(13)7(2)3/h7,9H,5-6H2,1-4H3,(H,11,12)/t9-/m1/s1. The van der Waals surface area contributed by atoms with E-state index in [2.05, 4.69) is 5.32 Å². The summed E-state index contributed by atoms with van der Waals surface area (Å²) in [7, 11) is 0. The van der Waals surface area contributed by atoms with Crippen LogP contribution in [0, 0.1) is 5.92 Å². The third-order valence-corrected chi connectivity index (χ3v) is 2.76. The molecule has 4 heteroatoms. The van der Waals surface area contributed by atoms with E-state index in [0.29, 0.717) is 5.75 Å². The van der Waals surface area contributed by atoms with Gasteiger partial charge in [0, 0.05) is 18.6 Å². The van der Waals surface area contributed by atoms with Gasteiger partial charge >= 0.3 is 0 Å². The molecule has 0 radical (unpaired) electrons. The van der Waals surface area contributed by atoms with E-state index in [1.807, 2.05) is 20.8 Å². The molecule has 0 saturated heterocycles. The smallest absolute Gasteiger partial charge is 0.217 e. The van der Waals surface area contributed by atoms with Gasteiger partial charge in [-0.25, -0.2) is 0 Å². The minimum Gasteiger partial charge on any atom is -0.346 e. The molecule has 0 spiro atoms. The number of Topliss-reactive ketones (excluding diaryl/α,β-unsaturated/α-hetero) is 1. The summed E-state index contributed by atoms with van der Waals surface area (Å²) in [5.74, 6) is 1.58. The molecule has 0 aromatic heterocycles. The number of rotatable bonds is 6.